The summed E-state index contributed by atoms with van der Waals surface area (Å²) in [6.45, 7) is 4.23. The molecule has 1 aliphatic rings. The van der Waals surface area contributed by atoms with Crippen LogP contribution in [0.1, 0.15) is 36.6 Å². The predicted octanol–water partition coefficient (Wildman–Crippen LogP) is 4.41. The lowest BCUT2D eigenvalue weighted by Crippen LogP contribution is -2.33. The van der Waals surface area contributed by atoms with Crippen LogP contribution in [-0.4, -0.2) is 47.7 Å². The van der Waals surface area contributed by atoms with E-state index in [2.05, 4.69) is 20.5 Å². The van der Waals surface area contributed by atoms with E-state index in [1.54, 1.807) is 12.1 Å². The highest BCUT2D eigenvalue weighted by atomic mass is 19.4. The van der Waals surface area contributed by atoms with Crippen molar-refractivity contribution in [2.24, 2.45) is 0 Å². The molecule has 5 nitrogen and oxygen atoms in total. The molecule has 1 unspecified atom stereocenters. The Hall–Kier alpha value is -2.79. The molecule has 0 fully saturated rings. The fraction of sp³-hybridized carbons (Fsp3) is 0.455. The molecule has 0 amide bonds. The molecule has 0 bridgehead atoms. The molecular weight excluding hydrogens is 391 g/mol. The zero-order valence-electron chi connectivity index (χ0n) is 17.4. The van der Waals surface area contributed by atoms with E-state index in [0.29, 0.717) is 12.2 Å². The van der Waals surface area contributed by atoms with Crippen LogP contribution in [0, 0.1) is 11.3 Å². The highest BCUT2D eigenvalue weighted by molar-refractivity contribution is 5.67. The number of hydrogen-bond donors (Lipinski definition) is 0. The molecule has 1 aromatic heterocycles. The Morgan fingerprint density at radius 2 is 2.07 bits per heavy atom. The van der Waals surface area contributed by atoms with E-state index in [-0.39, 0.29) is 11.6 Å². The number of anilines is 1. The van der Waals surface area contributed by atoms with Crippen molar-refractivity contribution in [1.29, 1.82) is 5.26 Å². The van der Waals surface area contributed by atoms with E-state index in [0.717, 1.165) is 37.7 Å². The number of rotatable bonds is 7. The number of hydrogen-bond acceptors (Lipinski definition) is 4. The molecule has 160 valence electrons. The second kappa shape index (κ2) is 8.92. The van der Waals surface area contributed by atoms with Crippen molar-refractivity contribution in [3.63, 3.8) is 0 Å². The van der Waals surface area contributed by atoms with Gasteiger partial charge < -0.3 is 14.4 Å². The summed E-state index contributed by atoms with van der Waals surface area (Å²) in [5.74, 6) is 0. The first-order chi connectivity index (χ1) is 14.2. The molecule has 1 atom stereocenters. The summed E-state index contributed by atoms with van der Waals surface area (Å²) in [6, 6.07) is 5.68. The summed E-state index contributed by atoms with van der Waals surface area (Å²) in [5, 5.41) is 9.04. The van der Waals surface area contributed by atoms with Crippen molar-refractivity contribution in [3.05, 3.63) is 53.6 Å². The third-order valence-corrected chi connectivity index (χ3v) is 5.46. The summed E-state index contributed by atoms with van der Waals surface area (Å²) in [6.07, 6.45) is 2.76. The van der Waals surface area contributed by atoms with Gasteiger partial charge in [0.05, 0.1) is 35.4 Å². The van der Waals surface area contributed by atoms with Gasteiger partial charge in [-0.15, -0.1) is 0 Å². The Kier molecular flexibility index (Phi) is 6.52. The van der Waals surface area contributed by atoms with Crippen LogP contribution in [-0.2, 0) is 12.7 Å². The lowest BCUT2D eigenvalue weighted by Gasteiger charge is -2.31. The fourth-order valence-corrected chi connectivity index (χ4v) is 3.91. The standard InChI is InChI=1S/C22H26F3N5/c1-4-30(19-8-6-17(13-26)20(12-19)22(23,24)25)18-7-5-16(11-18)21-14-27-15-29(21)10-9-28(2)3/h5-6,8,12,14-15,18H,4,7,9-11H2,1-3H3. The average molecular weight is 417 g/mol. The normalized spacial score (nSPS) is 16.6. The van der Waals surface area contributed by atoms with E-state index in [1.807, 2.05) is 38.4 Å². The molecular formula is C22H26F3N5. The van der Waals surface area contributed by atoms with Crippen molar-refractivity contribution in [3.8, 4) is 6.07 Å². The number of halogens is 3. The predicted molar refractivity (Wildman–Crippen MR) is 111 cm³/mol. The summed E-state index contributed by atoms with van der Waals surface area (Å²) in [7, 11) is 4.04. The Morgan fingerprint density at radius 3 is 2.70 bits per heavy atom. The maximum atomic E-state index is 13.4. The van der Waals surface area contributed by atoms with Crippen molar-refractivity contribution >= 4 is 11.3 Å². The first kappa shape index (κ1) is 21.9. The van der Waals surface area contributed by atoms with Crippen molar-refractivity contribution < 1.29 is 13.2 Å². The molecule has 0 aliphatic heterocycles. The Morgan fingerprint density at radius 1 is 1.30 bits per heavy atom. The van der Waals surface area contributed by atoms with Gasteiger partial charge in [-0.2, -0.15) is 18.4 Å². The summed E-state index contributed by atoms with van der Waals surface area (Å²) < 4.78 is 42.3. The van der Waals surface area contributed by atoms with E-state index < -0.39 is 11.7 Å². The summed E-state index contributed by atoms with van der Waals surface area (Å²) in [5.41, 5.74) is 1.49. The van der Waals surface area contributed by atoms with Crippen LogP contribution in [0.25, 0.3) is 5.57 Å². The van der Waals surface area contributed by atoms with E-state index in [1.165, 1.54) is 11.6 Å². The van der Waals surface area contributed by atoms with Crippen LogP contribution in [0.4, 0.5) is 18.9 Å². The average Bonchev–Trinajstić information content (AvgIpc) is 3.35. The van der Waals surface area contributed by atoms with Crippen molar-refractivity contribution in [1.82, 2.24) is 14.5 Å². The van der Waals surface area contributed by atoms with Crippen LogP contribution in [0.5, 0.6) is 0 Å². The molecule has 1 heterocycles. The third kappa shape index (κ3) is 4.68. The topological polar surface area (TPSA) is 48.1 Å². The van der Waals surface area contributed by atoms with Gasteiger partial charge in [0.15, 0.2) is 0 Å². The maximum absolute atomic E-state index is 13.4. The molecule has 1 aliphatic carbocycles. The van der Waals surface area contributed by atoms with Gasteiger partial charge in [-0.1, -0.05) is 6.08 Å². The van der Waals surface area contributed by atoms with Gasteiger partial charge in [0.1, 0.15) is 0 Å². The summed E-state index contributed by atoms with van der Waals surface area (Å²) in [4.78, 5) is 8.38. The van der Waals surface area contributed by atoms with Crippen molar-refractivity contribution in [2.75, 3.05) is 32.1 Å². The molecule has 0 spiro atoms. The lowest BCUT2D eigenvalue weighted by molar-refractivity contribution is -0.137. The van der Waals surface area contributed by atoms with Crippen LogP contribution < -0.4 is 4.90 Å². The molecule has 0 saturated heterocycles. The molecule has 8 heteroatoms. The SMILES string of the molecule is CCN(c1ccc(C#N)c(C(F)(F)F)c1)C1CC=C(c2cncn2CCN(C)C)C1. The minimum absolute atomic E-state index is 0.0659. The first-order valence-corrected chi connectivity index (χ1v) is 9.96. The smallest absolute Gasteiger partial charge is 0.368 e. The number of aromatic nitrogens is 2. The Labute approximate surface area is 175 Å². The minimum atomic E-state index is -4.56. The van der Waals surface area contributed by atoms with Gasteiger partial charge in [-0.05, 0) is 57.6 Å². The van der Waals surface area contributed by atoms with Gasteiger partial charge in [0.25, 0.3) is 0 Å². The zero-order valence-corrected chi connectivity index (χ0v) is 17.4. The molecule has 0 saturated carbocycles. The second-order valence-electron chi connectivity index (χ2n) is 7.72. The van der Waals surface area contributed by atoms with Crippen molar-refractivity contribution in [2.45, 2.75) is 38.5 Å². The number of alkyl halides is 3. The molecule has 30 heavy (non-hydrogen) atoms. The van der Waals surface area contributed by atoms with Gasteiger partial charge >= 0.3 is 6.18 Å². The van der Waals surface area contributed by atoms with Gasteiger partial charge in [0.2, 0.25) is 0 Å². The third-order valence-electron chi connectivity index (χ3n) is 5.46. The molecule has 0 N–H and O–H groups in total. The van der Waals surface area contributed by atoms with Gasteiger partial charge in [0, 0.05) is 31.4 Å². The number of likely N-dealkylation sites (N-methyl/N-ethyl adjacent to an activating group) is 1. The minimum Gasteiger partial charge on any atom is -0.368 e. The Balaban J connectivity index is 1.80. The van der Waals surface area contributed by atoms with Gasteiger partial charge in [-0.25, -0.2) is 4.98 Å². The highest BCUT2D eigenvalue weighted by Crippen LogP contribution is 2.37. The zero-order chi connectivity index (χ0) is 21.9. The quantitative estimate of drug-likeness (QED) is 0.670. The molecule has 2 aromatic rings. The number of imidazole rings is 1. The van der Waals surface area contributed by atoms with Crippen LogP contribution in [0.2, 0.25) is 0 Å². The first-order valence-electron chi connectivity index (χ1n) is 9.96. The fourth-order valence-electron chi connectivity index (χ4n) is 3.91. The second-order valence-corrected chi connectivity index (χ2v) is 7.72. The van der Waals surface area contributed by atoms with Gasteiger partial charge in [-0.3, -0.25) is 0 Å². The Bertz CT molecular complexity index is 952. The highest BCUT2D eigenvalue weighted by Gasteiger charge is 2.35. The number of benzene rings is 1. The van der Waals surface area contributed by atoms with Crippen LogP contribution in [0.3, 0.4) is 0 Å². The van der Waals surface area contributed by atoms with E-state index in [9.17, 15) is 13.2 Å². The summed E-state index contributed by atoms with van der Waals surface area (Å²) >= 11 is 0. The molecule has 3 rings (SSSR count). The number of nitrogens with zero attached hydrogens (tertiary/aromatic N) is 5. The lowest BCUT2D eigenvalue weighted by atomic mass is 10.0. The van der Waals surface area contributed by atoms with Crippen LogP contribution >= 0.6 is 0 Å². The molecule has 0 radical (unpaired) electrons. The largest absolute Gasteiger partial charge is 0.417 e. The van der Waals surface area contributed by atoms with E-state index >= 15 is 0 Å². The molecule has 1 aromatic carbocycles. The number of nitriles is 1. The van der Waals surface area contributed by atoms with Crippen LogP contribution in [0.15, 0.2) is 36.8 Å². The maximum Gasteiger partial charge on any atom is 0.417 e. The monoisotopic (exact) mass is 417 g/mol. The van der Waals surface area contributed by atoms with E-state index in [4.69, 9.17) is 5.26 Å².